The van der Waals surface area contributed by atoms with Crippen molar-refractivity contribution in [3.05, 3.63) is 22.7 Å². The van der Waals surface area contributed by atoms with Gasteiger partial charge >= 0.3 is 0 Å². The van der Waals surface area contributed by atoms with Crippen molar-refractivity contribution in [3.8, 4) is 0 Å². The van der Waals surface area contributed by atoms with Crippen molar-refractivity contribution in [1.82, 2.24) is 9.97 Å². The van der Waals surface area contributed by atoms with Crippen LogP contribution in [0.15, 0.2) is 12.4 Å². The highest BCUT2D eigenvalue weighted by atomic mass is 32.1. The highest BCUT2D eigenvalue weighted by molar-refractivity contribution is 7.71. The molecule has 0 aliphatic heterocycles. The van der Waals surface area contributed by atoms with E-state index >= 15 is 0 Å². The van der Waals surface area contributed by atoms with Crippen LogP contribution in [0.3, 0.4) is 0 Å². The number of hydrogen-bond donors (Lipinski definition) is 1. The van der Waals surface area contributed by atoms with Gasteiger partial charge in [-0.05, 0) is 12.3 Å². The highest BCUT2D eigenvalue weighted by Gasteiger charge is 1.96. The zero-order valence-electron chi connectivity index (χ0n) is 6.79. The average Bonchev–Trinajstić information content (AvgIpc) is 1.93. The quantitative estimate of drug-likeness (QED) is 0.687. The van der Waals surface area contributed by atoms with E-state index in [9.17, 15) is 0 Å². The van der Waals surface area contributed by atoms with E-state index in [1.807, 2.05) is 6.20 Å². The molecule has 0 atom stereocenters. The maximum absolute atomic E-state index is 4.87. The van der Waals surface area contributed by atoms with Crippen molar-refractivity contribution in [2.45, 2.75) is 20.3 Å². The first-order valence-corrected chi connectivity index (χ1v) is 4.13. The van der Waals surface area contributed by atoms with Crippen LogP contribution in [0.1, 0.15) is 19.5 Å². The van der Waals surface area contributed by atoms with Gasteiger partial charge in [0, 0.05) is 6.20 Å². The topological polar surface area (TPSA) is 28.7 Å². The van der Waals surface area contributed by atoms with E-state index in [1.165, 1.54) is 0 Å². The fourth-order valence-corrected chi connectivity index (χ4v) is 1.01. The van der Waals surface area contributed by atoms with Gasteiger partial charge in [0.05, 0.1) is 11.9 Å². The predicted molar refractivity (Wildman–Crippen MR) is 48.0 cm³/mol. The van der Waals surface area contributed by atoms with Crippen LogP contribution < -0.4 is 0 Å². The summed E-state index contributed by atoms with van der Waals surface area (Å²) < 4.78 is 0.692. The molecule has 0 spiro atoms. The van der Waals surface area contributed by atoms with Gasteiger partial charge in [-0.3, -0.25) is 4.98 Å². The van der Waals surface area contributed by atoms with Crippen LogP contribution in [-0.4, -0.2) is 9.97 Å². The van der Waals surface area contributed by atoms with Crippen LogP contribution >= 0.6 is 12.2 Å². The lowest BCUT2D eigenvalue weighted by molar-refractivity contribution is 0.633. The molecule has 60 valence electrons. The summed E-state index contributed by atoms with van der Waals surface area (Å²) in [7, 11) is 0. The van der Waals surface area contributed by atoms with Crippen molar-refractivity contribution >= 4 is 12.2 Å². The maximum atomic E-state index is 4.87. The lowest BCUT2D eigenvalue weighted by Gasteiger charge is -2.01. The second-order valence-corrected chi connectivity index (χ2v) is 3.44. The van der Waals surface area contributed by atoms with Gasteiger partial charge in [-0.1, -0.05) is 26.1 Å². The number of aromatic nitrogens is 2. The summed E-state index contributed by atoms with van der Waals surface area (Å²) in [4.78, 5) is 7.14. The Morgan fingerprint density at radius 1 is 1.64 bits per heavy atom. The molecule has 1 heterocycles. The number of hydrogen-bond acceptors (Lipinski definition) is 2. The monoisotopic (exact) mass is 168 g/mol. The molecule has 2 nitrogen and oxygen atoms in total. The molecule has 0 radical (unpaired) electrons. The third-order valence-corrected chi connectivity index (χ3v) is 1.57. The molecule has 0 aromatic carbocycles. The minimum atomic E-state index is 0.645. The van der Waals surface area contributed by atoms with E-state index < -0.39 is 0 Å². The van der Waals surface area contributed by atoms with Gasteiger partial charge in [0.15, 0.2) is 0 Å². The van der Waals surface area contributed by atoms with Gasteiger partial charge in [0.1, 0.15) is 4.64 Å². The molecule has 0 aliphatic carbocycles. The molecule has 0 aliphatic rings. The third-order valence-electron chi connectivity index (χ3n) is 1.35. The zero-order chi connectivity index (χ0) is 8.27. The van der Waals surface area contributed by atoms with E-state index in [-0.39, 0.29) is 0 Å². The van der Waals surface area contributed by atoms with Gasteiger partial charge in [0.25, 0.3) is 0 Å². The predicted octanol–water partition coefficient (Wildman–Crippen LogP) is 2.34. The summed E-state index contributed by atoms with van der Waals surface area (Å²) >= 11 is 4.87. The van der Waals surface area contributed by atoms with Crippen LogP contribution in [0.4, 0.5) is 0 Å². The van der Waals surface area contributed by atoms with Crippen LogP contribution in [0.5, 0.6) is 0 Å². The van der Waals surface area contributed by atoms with E-state index in [4.69, 9.17) is 12.2 Å². The van der Waals surface area contributed by atoms with Gasteiger partial charge < -0.3 is 4.98 Å². The Kier molecular flexibility index (Phi) is 2.76. The molecule has 0 amide bonds. The molecule has 1 rings (SSSR count). The fraction of sp³-hybridized carbons (Fsp3) is 0.500. The van der Waals surface area contributed by atoms with Gasteiger partial charge in [-0.2, -0.15) is 0 Å². The Hall–Kier alpha value is -0.700. The molecule has 11 heavy (non-hydrogen) atoms. The lowest BCUT2D eigenvalue weighted by Crippen LogP contribution is -1.97. The number of nitrogens with zero attached hydrogens (tertiary/aromatic N) is 1. The van der Waals surface area contributed by atoms with Crippen LogP contribution in [0, 0.1) is 10.6 Å². The molecule has 1 aromatic heterocycles. The van der Waals surface area contributed by atoms with Crippen molar-refractivity contribution in [1.29, 1.82) is 0 Å². The summed E-state index contributed by atoms with van der Waals surface area (Å²) in [5, 5.41) is 0. The van der Waals surface area contributed by atoms with Gasteiger partial charge in [0.2, 0.25) is 0 Å². The first-order chi connectivity index (χ1) is 5.18. The molecular formula is C8H12N2S. The minimum absolute atomic E-state index is 0.645. The van der Waals surface area contributed by atoms with Gasteiger partial charge in [-0.25, -0.2) is 0 Å². The summed E-state index contributed by atoms with van der Waals surface area (Å²) in [6.07, 6.45) is 4.57. The molecule has 1 N–H and O–H groups in total. The Morgan fingerprint density at radius 3 is 2.82 bits per heavy atom. The normalized spacial score (nSPS) is 10.5. The van der Waals surface area contributed by atoms with Crippen LogP contribution in [0.25, 0.3) is 0 Å². The smallest absolute Gasteiger partial charge is 0.121 e. The summed E-state index contributed by atoms with van der Waals surface area (Å²) in [5.74, 6) is 0.645. The van der Waals surface area contributed by atoms with Crippen molar-refractivity contribution in [3.63, 3.8) is 0 Å². The molecule has 0 fully saturated rings. The Morgan fingerprint density at radius 2 is 2.36 bits per heavy atom. The molecular weight excluding hydrogens is 156 g/mol. The number of aromatic amines is 1. The number of rotatable bonds is 2. The average molecular weight is 168 g/mol. The standard InChI is InChI=1S/C8H12N2S/c1-6(2)3-7-4-10-8(11)5-9-7/h4-6H,3H2,1-2H3,(H,10,11). The second-order valence-electron chi connectivity index (χ2n) is 3.00. The summed E-state index contributed by atoms with van der Waals surface area (Å²) in [5.41, 5.74) is 1.08. The molecule has 0 saturated heterocycles. The van der Waals surface area contributed by atoms with E-state index in [2.05, 4.69) is 23.8 Å². The fourth-order valence-electron chi connectivity index (χ4n) is 0.900. The van der Waals surface area contributed by atoms with Crippen molar-refractivity contribution < 1.29 is 0 Å². The van der Waals surface area contributed by atoms with Crippen molar-refractivity contribution in [2.75, 3.05) is 0 Å². The Labute approximate surface area is 71.7 Å². The third kappa shape index (κ3) is 2.80. The number of nitrogens with one attached hydrogen (secondary N) is 1. The Bertz CT molecular complexity index is 257. The van der Waals surface area contributed by atoms with Crippen LogP contribution in [0.2, 0.25) is 0 Å². The second kappa shape index (κ2) is 3.62. The largest absolute Gasteiger partial charge is 0.350 e. The molecule has 0 unspecified atom stereocenters. The number of H-pyrrole nitrogens is 1. The first kappa shape index (κ1) is 8.40. The first-order valence-electron chi connectivity index (χ1n) is 3.72. The maximum Gasteiger partial charge on any atom is 0.121 e. The Balaban J connectivity index is 2.74. The molecule has 0 bridgehead atoms. The SMILES string of the molecule is CC(C)Cc1c[nH]c(=S)cn1. The lowest BCUT2D eigenvalue weighted by atomic mass is 10.1. The van der Waals surface area contributed by atoms with Gasteiger partial charge in [-0.15, -0.1) is 0 Å². The molecule has 1 aromatic rings. The van der Waals surface area contributed by atoms with E-state index in [0.717, 1.165) is 12.1 Å². The van der Waals surface area contributed by atoms with E-state index in [0.29, 0.717) is 10.6 Å². The molecule has 3 heteroatoms. The van der Waals surface area contributed by atoms with Crippen molar-refractivity contribution in [2.24, 2.45) is 5.92 Å². The zero-order valence-corrected chi connectivity index (χ0v) is 7.61. The summed E-state index contributed by atoms with van der Waals surface area (Å²) in [6, 6.07) is 0. The molecule has 0 saturated carbocycles. The van der Waals surface area contributed by atoms with Crippen LogP contribution in [-0.2, 0) is 6.42 Å². The van der Waals surface area contributed by atoms with E-state index in [1.54, 1.807) is 6.20 Å². The minimum Gasteiger partial charge on any atom is -0.350 e. The highest BCUT2D eigenvalue weighted by Crippen LogP contribution is 2.02. The summed E-state index contributed by atoms with van der Waals surface area (Å²) in [6.45, 7) is 4.34.